The predicted octanol–water partition coefficient (Wildman–Crippen LogP) is 5.52. The molecule has 0 aromatic heterocycles. The van der Waals surface area contributed by atoms with E-state index in [0.717, 1.165) is 50.7 Å². The van der Waals surface area contributed by atoms with Crippen LogP contribution in [-0.4, -0.2) is 58.2 Å². The molecule has 0 N–H and O–H groups in total. The number of aliphatic carboxylic acids is 2. The molecule has 0 aliphatic heterocycles. The van der Waals surface area contributed by atoms with Gasteiger partial charge in [-0.25, -0.2) is 9.59 Å². The summed E-state index contributed by atoms with van der Waals surface area (Å²) in [5.41, 5.74) is 0. The minimum atomic E-state index is -1.39. The van der Waals surface area contributed by atoms with Crippen molar-refractivity contribution in [2.75, 3.05) is 13.2 Å². The second kappa shape index (κ2) is 38.2. The van der Waals surface area contributed by atoms with E-state index >= 15 is 0 Å². The van der Waals surface area contributed by atoms with E-state index < -0.39 is 23.9 Å². The van der Waals surface area contributed by atoms with E-state index in [0.29, 0.717) is 25.4 Å². The van der Waals surface area contributed by atoms with Gasteiger partial charge in [0.2, 0.25) is 0 Å². The van der Waals surface area contributed by atoms with Crippen LogP contribution >= 0.6 is 0 Å². The van der Waals surface area contributed by atoms with Crippen LogP contribution in [0.15, 0.2) is 24.3 Å². The number of rotatable bonds is 24. The summed E-state index contributed by atoms with van der Waals surface area (Å²) in [5.74, 6) is -4.04. The molecule has 0 aromatic carbocycles. The average molecular weight is 688 g/mol. The fourth-order valence-electron chi connectivity index (χ4n) is 3.21. The van der Waals surface area contributed by atoms with Crippen molar-refractivity contribution in [3.63, 3.8) is 0 Å². The molecule has 0 unspecified atom stereocenters. The average Bonchev–Trinajstić information content (AvgIpc) is 2.94. The fraction of sp³-hybridized carbons (Fsp3) is 0.750. The standard InChI is InChI=1S/2C12H20O4.2C4H9.Sn/c2*1-2-3-4-5-6-7-10-16-12(15)9-8-11(13)14;2*1-3-4-2;/h2*8-9H,2-7,10H2,1H3,(H,13,14);2*1,3-4H2,2H3;/q;;;;+2/p-2/b2*9-8-;;;. The summed E-state index contributed by atoms with van der Waals surface area (Å²) in [6.07, 6.45) is 22.3. The molecule has 9 heteroatoms. The molecule has 0 aliphatic carbocycles. The quantitative estimate of drug-likeness (QED) is 0.0561. The van der Waals surface area contributed by atoms with Crippen LogP contribution in [0.4, 0.5) is 0 Å². The molecular formula is C32H56O8Sn. The first kappa shape index (κ1) is 43.6. The van der Waals surface area contributed by atoms with E-state index in [-0.39, 0.29) is 21.1 Å². The Labute approximate surface area is 259 Å². The van der Waals surface area contributed by atoms with Crippen LogP contribution in [0.1, 0.15) is 130 Å². The van der Waals surface area contributed by atoms with E-state index in [4.69, 9.17) is 9.47 Å². The van der Waals surface area contributed by atoms with Crippen molar-refractivity contribution < 1.29 is 38.9 Å². The Balaban J connectivity index is -0.000000551. The summed E-state index contributed by atoms with van der Waals surface area (Å²) < 4.78 is 12.8. The zero-order valence-corrected chi connectivity index (χ0v) is 29.1. The number of unbranched alkanes of at least 4 members (excludes halogenated alkanes) is 12. The summed E-state index contributed by atoms with van der Waals surface area (Å²) in [5, 5.41) is 19.9. The van der Waals surface area contributed by atoms with Gasteiger partial charge < -0.3 is 29.3 Å². The zero-order chi connectivity index (χ0) is 31.4. The number of carboxylic acids is 2. The van der Waals surface area contributed by atoms with Crippen LogP contribution in [0.25, 0.3) is 0 Å². The Morgan fingerprint density at radius 2 is 0.805 bits per heavy atom. The van der Waals surface area contributed by atoms with E-state index in [1.54, 1.807) is 8.87 Å². The second-order valence-corrected chi connectivity index (χ2v) is 13.9. The number of esters is 2. The molecule has 0 fully saturated rings. The van der Waals surface area contributed by atoms with Gasteiger partial charge in [-0.05, 0) is 25.0 Å². The zero-order valence-electron chi connectivity index (χ0n) is 26.2. The Kier molecular flexibility index (Phi) is 40.6. The van der Waals surface area contributed by atoms with Crippen LogP contribution in [0, 0.1) is 0 Å². The van der Waals surface area contributed by atoms with Gasteiger partial charge in [0.1, 0.15) is 0 Å². The molecule has 236 valence electrons. The Morgan fingerprint density at radius 3 is 1.12 bits per heavy atom. The Morgan fingerprint density at radius 1 is 0.488 bits per heavy atom. The molecule has 0 amide bonds. The predicted molar refractivity (Wildman–Crippen MR) is 162 cm³/mol. The molecule has 0 radical (unpaired) electrons. The third kappa shape index (κ3) is 48.2. The maximum absolute atomic E-state index is 10.9. The van der Waals surface area contributed by atoms with Crippen LogP contribution in [0.3, 0.4) is 0 Å². The summed E-state index contributed by atoms with van der Waals surface area (Å²) in [6.45, 7) is 9.60. The molecule has 0 saturated carbocycles. The van der Waals surface area contributed by atoms with Crippen molar-refractivity contribution in [1.82, 2.24) is 0 Å². The molecule has 0 aliphatic rings. The number of hydrogen-bond acceptors (Lipinski definition) is 8. The number of hydrogen-bond donors (Lipinski definition) is 0. The van der Waals surface area contributed by atoms with Crippen molar-refractivity contribution in [2.24, 2.45) is 0 Å². The third-order valence-electron chi connectivity index (χ3n) is 5.61. The van der Waals surface area contributed by atoms with E-state index in [2.05, 4.69) is 27.7 Å². The van der Waals surface area contributed by atoms with Gasteiger partial charge in [-0.1, -0.05) is 78.1 Å². The Bertz CT molecular complexity index is 621. The van der Waals surface area contributed by atoms with Crippen molar-refractivity contribution in [3.05, 3.63) is 24.3 Å². The molecule has 0 rings (SSSR count). The van der Waals surface area contributed by atoms with Gasteiger partial charge in [0, 0.05) is 12.2 Å². The van der Waals surface area contributed by atoms with Crippen molar-refractivity contribution in [2.45, 2.75) is 139 Å². The number of ether oxygens (including phenoxy) is 2. The van der Waals surface area contributed by atoms with Crippen LogP contribution < -0.4 is 10.2 Å². The van der Waals surface area contributed by atoms with Gasteiger partial charge >= 0.3 is 81.5 Å². The first-order valence-corrected chi connectivity index (χ1v) is 19.6. The molecule has 0 atom stereocenters. The van der Waals surface area contributed by atoms with Crippen molar-refractivity contribution in [3.8, 4) is 0 Å². The van der Waals surface area contributed by atoms with Crippen molar-refractivity contribution >= 4 is 45.0 Å². The topological polar surface area (TPSA) is 133 Å². The van der Waals surface area contributed by atoms with Crippen molar-refractivity contribution in [1.29, 1.82) is 0 Å². The molecule has 0 saturated heterocycles. The summed E-state index contributed by atoms with van der Waals surface area (Å²) in [4.78, 5) is 41.7. The van der Waals surface area contributed by atoms with Gasteiger partial charge in [-0.2, -0.15) is 0 Å². The van der Waals surface area contributed by atoms with Crippen LogP contribution in [-0.2, 0) is 28.7 Å². The first-order chi connectivity index (χ1) is 19.7. The summed E-state index contributed by atoms with van der Waals surface area (Å²) in [7, 11) is 0. The summed E-state index contributed by atoms with van der Waals surface area (Å²) >= 11 is 0.149. The molecular weight excluding hydrogens is 631 g/mol. The van der Waals surface area contributed by atoms with Gasteiger partial charge in [0.25, 0.3) is 0 Å². The first-order valence-electron chi connectivity index (χ1n) is 15.6. The molecule has 8 nitrogen and oxygen atoms in total. The second-order valence-electron chi connectivity index (χ2n) is 9.63. The van der Waals surface area contributed by atoms with E-state index in [9.17, 15) is 29.4 Å². The van der Waals surface area contributed by atoms with Gasteiger partial charge in [0.05, 0.1) is 25.2 Å². The molecule has 41 heavy (non-hydrogen) atoms. The fourth-order valence-corrected chi connectivity index (χ4v) is 7.37. The van der Waals surface area contributed by atoms with Crippen LogP contribution in [0.5, 0.6) is 0 Å². The van der Waals surface area contributed by atoms with Gasteiger partial charge in [-0.3, -0.25) is 0 Å². The third-order valence-corrected chi connectivity index (χ3v) is 9.65. The normalized spacial score (nSPS) is 10.2. The molecule has 0 spiro atoms. The summed E-state index contributed by atoms with van der Waals surface area (Å²) in [6, 6.07) is 0. The van der Waals surface area contributed by atoms with Gasteiger partial charge in [0.15, 0.2) is 0 Å². The SMILES string of the molecule is CCCCCCCCOC(=O)/C=C\C(=O)[O-].CCCCCCCCOC(=O)/C=C\C(=O)[O-].CCC[CH2][Sn+2][CH2]CCC. The van der Waals surface area contributed by atoms with E-state index in [1.165, 1.54) is 64.2 Å². The number of carboxylic acid groups (broad SMARTS) is 2. The van der Waals surface area contributed by atoms with Crippen LogP contribution in [0.2, 0.25) is 8.87 Å². The molecule has 0 heterocycles. The maximum atomic E-state index is 10.9. The van der Waals surface area contributed by atoms with Gasteiger partial charge in [-0.15, -0.1) is 0 Å². The van der Waals surface area contributed by atoms with E-state index in [1.807, 2.05) is 0 Å². The molecule has 0 bridgehead atoms. The molecule has 0 aromatic rings. The number of carbonyl (C=O) groups excluding carboxylic acids is 4. The Hall–Kier alpha value is -1.84. The number of carbonyl (C=O) groups is 4. The monoisotopic (exact) mass is 688 g/mol. The minimum absolute atomic E-state index is 0.149.